The van der Waals surface area contributed by atoms with Gasteiger partial charge in [0.2, 0.25) is 5.95 Å². The van der Waals surface area contributed by atoms with E-state index in [-0.39, 0.29) is 0 Å². The summed E-state index contributed by atoms with van der Waals surface area (Å²) in [5.74, 6) is 1.25. The topological polar surface area (TPSA) is 88.6 Å². The van der Waals surface area contributed by atoms with Crippen molar-refractivity contribution in [2.75, 3.05) is 5.32 Å². The van der Waals surface area contributed by atoms with E-state index >= 15 is 0 Å². The molecule has 0 spiro atoms. The summed E-state index contributed by atoms with van der Waals surface area (Å²) in [7, 11) is 0. The minimum Gasteiger partial charge on any atom is -0.489 e. The average molecular weight is 435 g/mol. The summed E-state index contributed by atoms with van der Waals surface area (Å²) in [4.78, 5) is 4.59. The van der Waals surface area contributed by atoms with E-state index in [2.05, 4.69) is 30.7 Å². The standard InChI is InChI=1S/C26H22N6O/c1-3-7-19(8-4-1)18-33-23-13-11-21(12-14-23)25-17-28-32-26(29-25)27-16-22-15-24(31-30-22)20-9-5-2-6-10-20/h1-15,17H,16,18H2,(H,30,31)(H,27,29,32). The van der Waals surface area contributed by atoms with Gasteiger partial charge >= 0.3 is 0 Å². The highest BCUT2D eigenvalue weighted by molar-refractivity contribution is 5.60. The first-order valence-corrected chi connectivity index (χ1v) is 10.6. The van der Waals surface area contributed by atoms with Crippen molar-refractivity contribution in [2.45, 2.75) is 13.2 Å². The fourth-order valence-corrected chi connectivity index (χ4v) is 3.36. The molecule has 5 aromatic rings. The van der Waals surface area contributed by atoms with Crippen LogP contribution >= 0.6 is 0 Å². The Balaban J connectivity index is 1.21. The second kappa shape index (κ2) is 9.74. The van der Waals surface area contributed by atoms with Gasteiger partial charge in [-0.25, -0.2) is 4.98 Å². The van der Waals surface area contributed by atoms with Crippen molar-refractivity contribution in [3.8, 4) is 28.3 Å². The molecule has 33 heavy (non-hydrogen) atoms. The van der Waals surface area contributed by atoms with Gasteiger partial charge in [0, 0.05) is 11.1 Å². The highest BCUT2D eigenvalue weighted by Crippen LogP contribution is 2.22. The maximum absolute atomic E-state index is 5.86. The van der Waals surface area contributed by atoms with Crippen molar-refractivity contribution in [3.63, 3.8) is 0 Å². The predicted molar refractivity (Wildman–Crippen MR) is 127 cm³/mol. The first kappa shape index (κ1) is 20.4. The molecule has 0 saturated carbocycles. The molecular formula is C26H22N6O. The summed E-state index contributed by atoms with van der Waals surface area (Å²) < 4.78 is 5.86. The van der Waals surface area contributed by atoms with Gasteiger partial charge in [-0.05, 0) is 35.9 Å². The number of benzene rings is 3. The van der Waals surface area contributed by atoms with Gasteiger partial charge in [0.1, 0.15) is 12.4 Å². The lowest BCUT2D eigenvalue weighted by molar-refractivity contribution is 0.306. The molecule has 0 saturated heterocycles. The minimum atomic E-state index is 0.452. The molecular weight excluding hydrogens is 412 g/mol. The van der Waals surface area contributed by atoms with Crippen LogP contribution in [0.2, 0.25) is 0 Å². The molecule has 0 aliphatic rings. The molecule has 0 aliphatic carbocycles. The smallest absolute Gasteiger partial charge is 0.243 e. The van der Waals surface area contributed by atoms with E-state index in [0.29, 0.717) is 19.1 Å². The number of H-pyrrole nitrogens is 1. The van der Waals surface area contributed by atoms with Crippen LogP contribution < -0.4 is 10.1 Å². The molecule has 0 radical (unpaired) electrons. The van der Waals surface area contributed by atoms with E-state index in [0.717, 1.165) is 39.5 Å². The van der Waals surface area contributed by atoms with E-state index in [1.54, 1.807) is 6.20 Å². The molecule has 162 valence electrons. The van der Waals surface area contributed by atoms with Gasteiger partial charge in [-0.2, -0.15) is 10.2 Å². The lowest BCUT2D eigenvalue weighted by atomic mass is 10.1. The fourth-order valence-electron chi connectivity index (χ4n) is 3.36. The van der Waals surface area contributed by atoms with E-state index in [9.17, 15) is 0 Å². The summed E-state index contributed by atoms with van der Waals surface area (Å²) in [6.07, 6.45) is 1.65. The third-order valence-corrected chi connectivity index (χ3v) is 5.09. The van der Waals surface area contributed by atoms with Gasteiger partial charge in [0.05, 0.1) is 29.8 Å². The molecule has 0 unspecified atom stereocenters. The van der Waals surface area contributed by atoms with Crippen molar-refractivity contribution in [3.05, 3.63) is 108 Å². The molecule has 0 fully saturated rings. The van der Waals surface area contributed by atoms with Crippen LogP contribution in [-0.4, -0.2) is 25.4 Å². The number of nitrogens with one attached hydrogen (secondary N) is 2. The summed E-state index contributed by atoms with van der Waals surface area (Å²) in [6, 6.07) is 29.9. The zero-order valence-corrected chi connectivity index (χ0v) is 17.8. The molecule has 5 rings (SSSR count). The molecule has 0 amide bonds. The van der Waals surface area contributed by atoms with E-state index < -0.39 is 0 Å². The molecule has 7 nitrogen and oxygen atoms in total. The molecule has 0 aliphatic heterocycles. The van der Waals surface area contributed by atoms with Gasteiger partial charge < -0.3 is 10.1 Å². The maximum Gasteiger partial charge on any atom is 0.243 e. The summed E-state index contributed by atoms with van der Waals surface area (Å²) in [5, 5.41) is 18.8. The zero-order valence-electron chi connectivity index (χ0n) is 17.8. The number of hydrogen-bond donors (Lipinski definition) is 2. The van der Waals surface area contributed by atoms with Crippen molar-refractivity contribution in [2.24, 2.45) is 0 Å². The van der Waals surface area contributed by atoms with Crippen LogP contribution in [0.4, 0.5) is 5.95 Å². The Labute approximate surface area is 191 Å². The maximum atomic E-state index is 5.86. The Morgan fingerprint density at radius 1 is 0.788 bits per heavy atom. The molecule has 7 heteroatoms. The number of hydrogen-bond acceptors (Lipinski definition) is 6. The lowest BCUT2D eigenvalue weighted by Crippen LogP contribution is -2.05. The molecule has 2 N–H and O–H groups in total. The normalized spacial score (nSPS) is 10.7. The van der Waals surface area contributed by atoms with Crippen molar-refractivity contribution in [1.82, 2.24) is 25.4 Å². The minimum absolute atomic E-state index is 0.452. The summed E-state index contributed by atoms with van der Waals surface area (Å²) >= 11 is 0. The van der Waals surface area contributed by atoms with Crippen LogP contribution in [0, 0.1) is 0 Å². The third kappa shape index (κ3) is 5.22. The van der Waals surface area contributed by atoms with Gasteiger partial charge in [-0.1, -0.05) is 60.7 Å². The molecule has 2 aromatic heterocycles. The van der Waals surface area contributed by atoms with Crippen molar-refractivity contribution < 1.29 is 4.74 Å². The monoisotopic (exact) mass is 434 g/mol. The van der Waals surface area contributed by atoms with Gasteiger partial charge in [-0.15, -0.1) is 5.10 Å². The summed E-state index contributed by atoms with van der Waals surface area (Å²) in [5.41, 5.74) is 5.70. The Kier molecular flexibility index (Phi) is 6.02. The highest BCUT2D eigenvalue weighted by atomic mass is 16.5. The Bertz CT molecular complexity index is 1300. The predicted octanol–water partition coefficient (Wildman–Crippen LogP) is 5.12. The second-order valence-electron chi connectivity index (χ2n) is 7.46. The largest absolute Gasteiger partial charge is 0.489 e. The van der Waals surface area contributed by atoms with E-state index in [4.69, 9.17) is 4.74 Å². The van der Waals surface area contributed by atoms with Gasteiger partial charge in [-0.3, -0.25) is 5.10 Å². The van der Waals surface area contributed by atoms with Crippen molar-refractivity contribution in [1.29, 1.82) is 0 Å². The van der Waals surface area contributed by atoms with Crippen LogP contribution in [-0.2, 0) is 13.2 Å². The number of ether oxygens (including phenoxy) is 1. The van der Waals surface area contributed by atoms with Crippen LogP contribution in [0.5, 0.6) is 5.75 Å². The van der Waals surface area contributed by atoms with Crippen LogP contribution in [0.1, 0.15) is 11.3 Å². The van der Waals surface area contributed by atoms with Crippen LogP contribution in [0.3, 0.4) is 0 Å². The quantitative estimate of drug-likeness (QED) is 0.352. The van der Waals surface area contributed by atoms with E-state index in [1.807, 2.05) is 91.0 Å². The average Bonchev–Trinajstić information content (AvgIpc) is 3.37. The zero-order chi connectivity index (χ0) is 22.3. The Morgan fingerprint density at radius 2 is 1.52 bits per heavy atom. The highest BCUT2D eigenvalue weighted by Gasteiger charge is 2.07. The number of rotatable bonds is 8. The van der Waals surface area contributed by atoms with Crippen LogP contribution in [0.15, 0.2) is 97.2 Å². The third-order valence-electron chi connectivity index (χ3n) is 5.09. The van der Waals surface area contributed by atoms with E-state index in [1.165, 1.54) is 0 Å². The Morgan fingerprint density at radius 3 is 2.30 bits per heavy atom. The molecule has 3 aromatic carbocycles. The summed E-state index contributed by atoms with van der Waals surface area (Å²) in [6.45, 7) is 1.04. The van der Waals surface area contributed by atoms with Crippen LogP contribution in [0.25, 0.3) is 22.5 Å². The SMILES string of the molecule is c1ccc(COc2ccc(-c3cnnc(NCc4cc(-c5ccccc5)n[nH]4)n3)cc2)cc1. The Hall–Kier alpha value is -4.52. The molecule has 0 bridgehead atoms. The number of aromatic nitrogens is 5. The first-order chi connectivity index (χ1) is 16.3. The van der Waals surface area contributed by atoms with Gasteiger partial charge in [0.25, 0.3) is 0 Å². The second-order valence-corrected chi connectivity index (χ2v) is 7.46. The first-order valence-electron chi connectivity index (χ1n) is 10.6. The lowest BCUT2D eigenvalue weighted by Gasteiger charge is -2.08. The number of anilines is 1. The molecule has 2 heterocycles. The van der Waals surface area contributed by atoms with Gasteiger partial charge in [0.15, 0.2) is 0 Å². The number of nitrogens with zero attached hydrogens (tertiary/aromatic N) is 4. The molecule has 0 atom stereocenters. The fraction of sp³-hybridized carbons (Fsp3) is 0.0769. The van der Waals surface area contributed by atoms with Crippen molar-refractivity contribution >= 4 is 5.95 Å². The number of aromatic amines is 1.